The lowest BCUT2D eigenvalue weighted by molar-refractivity contribution is -0.117. The Kier molecular flexibility index (Phi) is 6.25. The third kappa shape index (κ3) is 4.73. The molecule has 2 atom stereocenters. The molecule has 7 heteroatoms. The summed E-state index contributed by atoms with van der Waals surface area (Å²) in [4.78, 5) is 27.7. The second-order valence-electron chi connectivity index (χ2n) is 8.33. The third-order valence-corrected chi connectivity index (χ3v) is 6.11. The zero-order valence-electron chi connectivity index (χ0n) is 18.0. The molecular formula is C24H29N3O4. The maximum absolute atomic E-state index is 12.2. The highest BCUT2D eigenvalue weighted by Crippen LogP contribution is 2.39. The SMILES string of the molecule is CC(=O)N1c2ccc(-c3ccc(CN4CCOCC4)cc3)cc2[C@H](NC(=O)O)C[C@@H]1C. The number of anilines is 1. The van der Waals surface area contributed by atoms with Gasteiger partial charge in [-0.15, -0.1) is 0 Å². The number of amides is 2. The molecule has 2 amide bonds. The highest BCUT2D eigenvalue weighted by atomic mass is 16.5. The van der Waals surface area contributed by atoms with Crippen molar-refractivity contribution >= 4 is 17.7 Å². The minimum absolute atomic E-state index is 0.0391. The average molecular weight is 424 g/mol. The fourth-order valence-electron chi connectivity index (χ4n) is 4.63. The van der Waals surface area contributed by atoms with Gasteiger partial charge in [0.2, 0.25) is 5.91 Å². The van der Waals surface area contributed by atoms with Crippen LogP contribution in [0.3, 0.4) is 0 Å². The predicted molar refractivity (Wildman–Crippen MR) is 119 cm³/mol. The Morgan fingerprint density at radius 3 is 2.42 bits per heavy atom. The summed E-state index contributed by atoms with van der Waals surface area (Å²) in [7, 11) is 0. The molecule has 2 heterocycles. The smallest absolute Gasteiger partial charge is 0.405 e. The van der Waals surface area contributed by atoms with Gasteiger partial charge in [-0.1, -0.05) is 30.3 Å². The van der Waals surface area contributed by atoms with Gasteiger partial charge in [0.05, 0.1) is 19.3 Å². The molecule has 0 saturated carbocycles. The molecule has 0 aromatic heterocycles. The normalized spacial score (nSPS) is 21.4. The van der Waals surface area contributed by atoms with Crippen LogP contribution in [0.15, 0.2) is 42.5 Å². The van der Waals surface area contributed by atoms with Crippen molar-refractivity contribution in [1.29, 1.82) is 0 Å². The fourth-order valence-corrected chi connectivity index (χ4v) is 4.63. The highest BCUT2D eigenvalue weighted by Gasteiger charge is 2.33. The second kappa shape index (κ2) is 9.08. The summed E-state index contributed by atoms with van der Waals surface area (Å²) in [5.41, 5.74) is 4.94. The summed E-state index contributed by atoms with van der Waals surface area (Å²) in [6.45, 7) is 7.88. The first-order valence-corrected chi connectivity index (χ1v) is 10.7. The van der Waals surface area contributed by atoms with E-state index in [2.05, 4.69) is 34.5 Å². The maximum atomic E-state index is 12.2. The summed E-state index contributed by atoms with van der Waals surface area (Å²) < 4.78 is 5.41. The molecule has 31 heavy (non-hydrogen) atoms. The van der Waals surface area contributed by atoms with E-state index in [4.69, 9.17) is 4.74 Å². The number of hydrogen-bond donors (Lipinski definition) is 2. The topological polar surface area (TPSA) is 82.1 Å². The molecule has 4 rings (SSSR count). The van der Waals surface area contributed by atoms with E-state index >= 15 is 0 Å². The van der Waals surface area contributed by atoms with Crippen LogP contribution in [0.2, 0.25) is 0 Å². The van der Waals surface area contributed by atoms with Crippen molar-refractivity contribution in [2.24, 2.45) is 0 Å². The molecule has 0 radical (unpaired) electrons. The number of carbonyl (C=O) groups is 2. The zero-order valence-corrected chi connectivity index (χ0v) is 18.0. The summed E-state index contributed by atoms with van der Waals surface area (Å²) in [6, 6.07) is 14.0. The lowest BCUT2D eigenvalue weighted by atomic mass is 9.89. The third-order valence-electron chi connectivity index (χ3n) is 6.11. The van der Waals surface area contributed by atoms with E-state index in [1.807, 2.05) is 25.1 Å². The van der Waals surface area contributed by atoms with Crippen LogP contribution >= 0.6 is 0 Å². The van der Waals surface area contributed by atoms with Crippen molar-refractivity contribution in [2.75, 3.05) is 31.2 Å². The van der Waals surface area contributed by atoms with Gasteiger partial charge in [-0.05, 0) is 47.7 Å². The van der Waals surface area contributed by atoms with E-state index in [1.54, 1.807) is 11.8 Å². The number of carboxylic acid groups (broad SMARTS) is 1. The second-order valence-corrected chi connectivity index (χ2v) is 8.33. The molecular weight excluding hydrogens is 394 g/mol. The molecule has 0 unspecified atom stereocenters. The fraction of sp³-hybridized carbons (Fsp3) is 0.417. The highest BCUT2D eigenvalue weighted by molar-refractivity contribution is 5.94. The molecule has 0 bridgehead atoms. The number of rotatable bonds is 4. The molecule has 0 aliphatic carbocycles. The Morgan fingerprint density at radius 2 is 1.77 bits per heavy atom. The minimum Gasteiger partial charge on any atom is -0.465 e. The first-order chi connectivity index (χ1) is 14.9. The molecule has 1 saturated heterocycles. The zero-order chi connectivity index (χ0) is 22.0. The number of carbonyl (C=O) groups excluding carboxylic acids is 1. The Bertz CT molecular complexity index is 954. The van der Waals surface area contributed by atoms with E-state index < -0.39 is 6.09 Å². The number of nitrogens with zero attached hydrogens (tertiary/aromatic N) is 2. The van der Waals surface area contributed by atoms with Gasteiger partial charge in [0.1, 0.15) is 0 Å². The van der Waals surface area contributed by atoms with E-state index in [0.717, 1.165) is 55.2 Å². The summed E-state index contributed by atoms with van der Waals surface area (Å²) in [5, 5.41) is 11.9. The van der Waals surface area contributed by atoms with Gasteiger partial charge >= 0.3 is 6.09 Å². The summed E-state index contributed by atoms with van der Waals surface area (Å²) >= 11 is 0. The lowest BCUT2D eigenvalue weighted by Crippen LogP contribution is -2.45. The van der Waals surface area contributed by atoms with Crippen molar-refractivity contribution in [3.05, 3.63) is 53.6 Å². The summed E-state index contributed by atoms with van der Waals surface area (Å²) in [5.74, 6) is -0.0391. The molecule has 2 aromatic carbocycles. The standard InChI is InChI=1S/C24H29N3O4/c1-16-13-22(25-24(29)30)21-14-20(7-8-23(21)27(16)17(2)28)19-5-3-18(4-6-19)15-26-9-11-31-12-10-26/h3-8,14,16,22,25H,9-13,15H2,1-2H3,(H,29,30)/t16-,22+/m0/s1. The van der Waals surface area contributed by atoms with E-state index in [0.29, 0.717) is 6.42 Å². The average Bonchev–Trinajstić information content (AvgIpc) is 2.74. The van der Waals surface area contributed by atoms with Crippen molar-refractivity contribution < 1.29 is 19.4 Å². The predicted octanol–water partition coefficient (Wildman–Crippen LogP) is 3.64. The number of morpholine rings is 1. The molecule has 2 aliphatic rings. The maximum Gasteiger partial charge on any atom is 0.405 e. The van der Waals surface area contributed by atoms with Crippen LogP contribution in [0.4, 0.5) is 10.5 Å². The molecule has 2 aromatic rings. The minimum atomic E-state index is -1.06. The van der Waals surface area contributed by atoms with Gasteiger partial charge in [-0.3, -0.25) is 9.69 Å². The van der Waals surface area contributed by atoms with Crippen LogP contribution in [0.5, 0.6) is 0 Å². The molecule has 1 fully saturated rings. The van der Waals surface area contributed by atoms with Gasteiger partial charge in [0, 0.05) is 38.3 Å². The van der Waals surface area contributed by atoms with Crippen LogP contribution < -0.4 is 10.2 Å². The molecule has 2 N–H and O–H groups in total. The number of fused-ring (bicyclic) bond motifs is 1. The van der Waals surface area contributed by atoms with Crippen molar-refractivity contribution in [3.63, 3.8) is 0 Å². The Balaban J connectivity index is 1.61. The monoisotopic (exact) mass is 423 g/mol. The van der Waals surface area contributed by atoms with Gasteiger partial charge in [0.15, 0.2) is 0 Å². The number of nitrogens with one attached hydrogen (secondary N) is 1. The molecule has 0 spiro atoms. The molecule has 164 valence electrons. The van der Waals surface area contributed by atoms with Crippen molar-refractivity contribution in [1.82, 2.24) is 10.2 Å². The van der Waals surface area contributed by atoms with Crippen LogP contribution in [-0.2, 0) is 16.1 Å². The van der Waals surface area contributed by atoms with Gasteiger partial charge in [0.25, 0.3) is 0 Å². The number of ether oxygens (including phenoxy) is 1. The Morgan fingerprint density at radius 1 is 1.10 bits per heavy atom. The van der Waals surface area contributed by atoms with E-state index in [-0.39, 0.29) is 18.0 Å². The Hall–Kier alpha value is -2.90. The quantitative estimate of drug-likeness (QED) is 0.785. The first kappa shape index (κ1) is 21.3. The van der Waals surface area contributed by atoms with Gasteiger partial charge in [-0.2, -0.15) is 0 Å². The van der Waals surface area contributed by atoms with E-state index in [1.165, 1.54) is 5.56 Å². The Labute approximate surface area is 182 Å². The lowest BCUT2D eigenvalue weighted by Gasteiger charge is -2.39. The number of benzene rings is 2. The largest absolute Gasteiger partial charge is 0.465 e. The van der Waals surface area contributed by atoms with Crippen LogP contribution in [0.1, 0.15) is 37.4 Å². The molecule has 2 aliphatic heterocycles. The summed E-state index contributed by atoms with van der Waals surface area (Å²) in [6.07, 6.45) is -0.516. The first-order valence-electron chi connectivity index (χ1n) is 10.7. The van der Waals surface area contributed by atoms with Crippen molar-refractivity contribution in [2.45, 2.75) is 38.9 Å². The van der Waals surface area contributed by atoms with Gasteiger partial charge in [-0.25, -0.2) is 4.79 Å². The van der Waals surface area contributed by atoms with Crippen LogP contribution in [0.25, 0.3) is 11.1 Å². The number of hydrogen-bond acceptors (Lipinski definition) is 4. The van der Waals surface area contributed by atoms with Crippen molar-refractivity contribution in [3.8, 4) is 11.1 Å². The van der Waals surface area contributed by atoms with E-state index in [9.17, 15) is 14.7 Å². The van der Waals surface area contributed by atoms with Crippen LogP contribution in [0, 0.1) is 0 Å². The van der Waals surface area contributed by atoms with Crippen LogP contribution in [-0.4, -0.2) is 54.4 Å². The molecule has 7 nitrogen and oxygen atoms in total. The van der Waals surface area contributed by atoms with Gasteiger partial charge < -0.3 is 20.1 Å².